The van der Waals surface area contributed by atoms with Gasteiger partial charge in [-0.15, -0.1) is 11.3 Å². The molecule has 0 fully saturated rings. The Morgan fingerprint density at radius 3 is 2.60 bits per heavy atom. The minimum absolute atomic E-state index is 0.382. The molecule has 4 rings (SSSR count). The normalized spacial score (nSPS) is 11.8. The minimum Gasteiger partial charge on any atom is -0.497 e. The summed E-state index contributed by atoms with van der Waals surface area (Å²) in [7, 11) is 3.05. The summed E-state index contributed by atoms with van der Waals surface area (Å²) < 4.78 is 15.6. The lowest BCUT2D eigenvalue weighted by atomic mass is 9.91. The molecule has 0 bridgehead atoms. The van der Waals surface area contributed by atoms with Gasteiger partial charge >= 0.3 is 5.97 Å². The highest BCUT2D eigenvalue weighted by atomic mass is 32.1. The van der Waals surface area contributed by atoms with Crippen LogP contribution in [0.2, 0.25) is 0 Å². The predicted molar refractivity (Wildman–Crippen MR) is 116 cm³/mol. The van der Waals surface area contributed by atoms with Crippen LogP contribution >= 0.6 is 11.3 Å². The number of carbonyl (C=O) groups excluding carboxylic acids is 2. The molecule has 0 saturated heterocycles. The first-order valence-electron chi connectivity index (χ1n) is 9.49. The zero-order chi connectivity index (χ0) is 21.1. The molecule has 7 heteroatoms. The number of amides is 1. The number of aryl methyl sites for hydroxylation is 2. The van der Waals surface area contributed by atoms with Gasteiger partial charge in [-0.05, 0) is 47.7 Å². The molecule has 0 atom stereocenters. The maximum atomic E-state index is 12.5. The van der Waals surface area contributed by atoms with Gasteiger partial charge in [0, 0.05) is 10.9 Å². The number of fused-ring (bicyclic) bond motifs is 3. The summed E-state index contributed by atoms with van der Waals surface area (Å²) in [6.45, 7) is -0.382. The van der Waals surface area contributed by atoms with Crippen LogP contribution in [0, 0.1) is 0 Å². The van der Waals surface area contributed by atoms with E-state index in [1.54, 1.807) is 25.3 Å². The molecule has 1 aromatic heterocycles. The van der Waals surface area contributed by atoms with Crippen molar-refractivity contribution < 1.29 is 23.8 Å². The molecule has 0 spiro atoms. The van der Waals surface area contributed by atoms with E-state index in [0.29, 0.717) is 22.1 Å². The number of hydrogen-bond acceptors (Lipinski definition) is 6. The number of carbonyl (C=O) groups is 2. The van der Waals surface area contributed by atoms with Gasteiger partial charge in [0.2, 0.25) is 0 Å². The summed E-state index contributed by atoms with van der Waals surface area (Å²) in [5, 5.41) is 2.69. The molecule has 0 radical (unpaired) electrons. The summed E-state index contributed by atoms with van der Waals surface area (Å²) in [5.74, 6) is 0.125. The molecular formula is C23H21NO5S. The average molecular weight is 423 g/mol. The first-order chi connectivity index (χ1) is 14.6. The van der Waals surface area contributed by atoms with Crippen LogP contribution in [-0.2, 0) is 22.4 Å². The van der Waals surface area contributed by atoms with Gasteiger partial charge in [0.1, 0.15) is 16.4 Å². The first kappa shape index (κ1) is 20.0. The molecule has 0 unspecified atom stereocenters. The van der Waals surface area contributed by atoms with Crippen LogP contribution in [0.25, 0.3) is 10.4 Å². The van der Waals surface area contributed by atoms with Crippen molar-refractivity contribution in [3.63, 3.8) is 0 Å². The van der Waals surface area contributed by atoms with Gasteiger partial charge in [-0.25, -0.2) is 4.79 Å². The van der Waals surface area contributed by atoms with E-state index < -0.39 is 11.9 Å². The lowest BCUT2D eigenvalue weighted by molar-refractivity contribution is -0.119. The van der Waals surface area contributed by atoms with Crippen LogP contribution < -0.4 is 14.8 Å². The van der Waals surface area contributed by atoms with Crippen molar-refractivity contribution in [1.82, 2.24) is 0 Å². The highest BCUT2D eigenvalue weighted by Crippen LogP contribution is 2.39. The minimum atomic E-state index is -0.497. The third-order valence-electron chi connectivity index (χ3n) is 4.95. The van der Waals surface area contributed by atoms with Crippen molar-refractivity contribution in [2.45, 2.75) is 12.8 Å². The van der Waals surface area contributed by atoms with Crippen molar-refractivity contribution >= 4 is 28.9 Å². The van der Waals surface area contributed by atoms with E-state index in [1.165, 1.54) is 29.6 Å². The van der Waals surface area contributed by atoms with Crippen LogP contribution in [0.5, 0.6) is 11.5 Å². The van der Waals surface area contributed by atoms with Crippen molar-refractivity contribution in [2.24, 2.45) is 0 Å². The predicted octanol–water partition coefficient (Wildman–Crippen LogP) is 4.33. The molecular weight excluding hydrogens is 402 g/mol. The van der Waals surface area contributed by atoms with Crippen molar-refractivity contribution in [3.8, 4) is 21.9 Å². The molecule has 6 nitrogen and oxygen atoms in total. The molecule has 2 aromatic carbocycles. The summed E-state index contributed by atoms with van der Waals surface area (Å²) in [5.41, 5.74) is 4.09. The van der Waals surface area contributed by atoms with E-state index in [9.17, 15) is 9.59 Å². The smallest absolute Gasteiger partial charge is 0.348 e. The molecule has 1 N–H and O–H groups in total. The van der Waals surface area contributed by atoms with E-state index >= 15 is 0 Å². The number of rotatable bonds is 6. The molecule has 30 heavy (non-hydrogen) atoms. The van der Waals surface area contributed by atoms with Crippen molar-refractivity contribution in [1.29, 1.82) is 0 Å². The number of thiophene rings is 1. The Bertz CT molecular complexity index is 1100. The topological polar surface area (TPSA) is 73.9 Å². The second-order valence-corrected chi connectivity index (χ2v) is 7.86. The lowest BCUT2D eigenvalue weighted by Crippen LogP contribution is -2.21. The lowest BCUT2D eigenvalue weighted by Gasteiger charge is -2.15. The monoisotopic (exact) mass is 423 g/mol. The summed E-state index contributed by atoms with van der Waals surface area (Å²) in [6, 6.07) is 15.1. The SMILES string of the molecule is COc1ccc(NC(=O)COC(=O)c2cc3c(s2)-c2ccccc2CC3)c(OC)c1. The second kappa shape index (κ2) is 8.59. The second-order valence-electron chi connectivity index (χ2n) is 6.81. The Balaban J connectivity index is 1.40. The Hall–Kier alpha value is -3.32. The van der Waals surface area contributed by atoms with Gasteiger partial charge in [0.15, 0.2) is 6.61 Å². The van der Waals surface area contributed by atoms with Gasteiger partial charge in [0.05, 0.1) is 19.9 Å². The fourth-order valence-corrected chi connectivity index (χ4v) is 4.63. The van der Waals surface area contributed by atoms with Gasteiger partial charge < -0.3 is 19.5 Å². The van der Waals surface area contributed by atoms with Gasteiger partial charge in [-0.1, -0.05) is 24.3 Å². The summed E-state index contributed by atoms with van der Waals surface area (Å²) >= 11 is 1.41. The van der Waals surface area contributed by atoms with Gasteiger partial charge in [-0.2, -0.15) is 0 Å². The fraction of sp³-hybridized carbons (Fsp3) is 0.217. The van der Waals surface area contributed by atoms with E-state index in [-0.39, 0.29) is 6.61 Å². The van der Waals surface area contributed by atoms with Crippen molar-refractivity contribution in [3.05, 3.63) is 64.5 Å². The van der Waals surface area contributed by atoms with Crippen molar-refractivity contribution in [2.75, 3.05) is 26.1 Å². The molecule has 0 aliphatic heterocycles. The number of nitrogens with one attached hydrogen (secondary N) is 1. The van der Waals surface area contributed by atoms with E-state index in [2.05, 4.69) is 17.4 Å². The summed E-state index contributed by atoms with van der Waals surface area (Å²) in [4.78, 5) is 26.4. The zero-order valence-electron chi connectivity index (χ0n) is 16.7. The van der Waals surface area contributed by atoms with Crippen LogP contribution in [-0.4, -0.2) is 32.7 Å². The first-order valence-corrected chi connectivity index (χ1v) is 10.3. The van der Waals surface area contributed by atoms with E-state index in [1.807, 2.05) is 18.2 Å². The summed E-state index contributed by atoms with van der Waals surface area (Å²) in [6.07, 6.45) is 1.86. The number of esters is 1. The average Bonchev–Trinajstić information content (AvgIpc) is 3.23. The van der Waals surface area contributed by atoms with E-state index in [0.717, 1.165) is 23.3 Å². The Morgan fingerprint density at radius 1 is 1.00 bits per heavy atom. The number of anilines is 1. The standard InChI is InChI=1S/C23H21NO5S/c1-27-16-9-10-18(19(12-16)28-2)24-21(25)13-29-23(26)20-11-15-8-7-14-5-3-4-6-17(14)22(15)30-20/h3-6,9-12H,7-8,13H2,1-2H3,(H,24,25). The molecule has 3 aromatic rings. The third kappa shape index (κ3) is 4.02. The number of hydrogen-bond donors (Lipinski definition) is 1. The molecule has 1 aliphatic rings. The van der Waals surface area contributed by atoms with Crippen LogP contribution in [0.1, 0.15) is 20.8 Å². The van der Waals surface area contributed by atoms with Gasteiger partial charge in [0.25, 0.3) is 5.91 Å². The maximum absolute atomic E-state index is 12.5. The van der Waals surface area contributed by atoms with Crippen LogP contribution in [0.4, 0.5) is 5.69 Å². The fourth-order valence-electron chi connectivity index (χ4n) is 3.46. The number of benzene rings is 2. The van der Waals surface area contributed by atoms with E-state index in [4.69, 9.17) is 14.2 Å². The molecule has 1 heterocycles. The largest absolute Gasteiger partial charge is 0.497 e. The zero-order valence-corrected chi connectivity index (χ0v) is 17.5. The number of methoxy groups -OCH3 is 2. The molecule has 0 saturated carbocycles. The quantitative estimate of drug-likeness (QED) is 0.598. The molecule has 154 valence electrons. The maximum Gasteiger partial charge on any atom is 0.348 e. The van der Waals surface area contributed by atoms with Crippen LogP contribution in [0.3, 0.4) is 0 Å². The molecule has 1 aliphatic carbocycles. The Labute approximate surface area is 178 Å². The third-order valence-corrected chi connectivity index (χ3v) is 6.14. The molecule has 1 amide bonds. The highest BCUT2D eigenvalue weighted by molar-refractivity contribution is 7.17. The highest BCUT2D eigenvalue weighted by Gasteiger charge is 2.22. The van der Waals surface area contributed by atoms with Gasteiger partial charge in [-0.3, -0.25) is 4.79 Å². The number of ether oxygens (including phenoxy) is 3. The van der Waals surface area contributed by atoms with Crippen LogP contribution in [0.15, 0.2) is 48.5 Å². The Morgan fingerprint density at radius 2 is 1.80 bits per heavy atom. The Kier molecular flexibility index (Phi) is 5.72.